The topological polar surface area (TPSA) is 118 Å². The van der Waals surface area contributed by atoms with Crippen molar-refractivity contribution in [1.82, 2.24) is 38.9 Å². The van der Waals surface area contributed by atoms with Crippen molar-refractivity contribution >= 4 is 22.6 Å². The summed E-state index contributed by atoms with van der Waals surface area (Å²) in [4.78, 5) is 36.9. The lowest BCUT2D eigenvalue weighted by Crippen LogP contribution is -2.50. The highest BCUT2D eigenvalue weighted by molar-refractivity contribution is 5.77. The van der Waals surface area contributed by atoms with Crippen molar-refractivity contribution in [2.24, 2.45) is 0 Å². The summed E-state index contributed by atoms with van der Waals surface area (Å²) in [7, 11) is 2.11. The highest BCUT2D eigenvalue weighted by Crippen LogP contribution is 2.27. The molecule has 0 unspecified atom stereocenters. The number of piperazine rings is 1. The molecule has 2 saturated heterocycles. The average Bonchev–Trinajstić information content (AvgIpc) is 3.69. The Balaban J connectivity index is 1.13. The van der Waals surface area contributed by atoms with Gasteiger partial charge in [-0.3, -0.25) is 18.8 Å². The first-order valence-corrected chi connectivity index (χ1v) is 14.5. The minimum Gasteiger partial charge on any atom is -0.388 e. The maximum atomic E-state index is 13.6. The average molecular weight is 596 g/mol. The number of likely N-dealkylation sites (N-methyl/N-ethyl adjacent to an activating group) is 1. The number of aliphatic hydroxyl groups is 1. The zero-order valence-corrected chi connectivity index (χ0v) is 24.0. The van der Waals surface area contributed by atoms with E-state index in [1.54, 1.807) is 4.68 Å². The van der Waals surface area contributed by atoms with Gasteiger partial charge < -0.3 is 19.8 Å². The number of fused-ring (bicyclic) bond motifs is 1. The molecule has 1 amide bonds. The van der Waals surface area contributed by atoms with Gasteiger partial charge in [-0.05, 0) is 44.2 Å². The van der Waals surface area contributed by atoms with Crippen LogP contribution in [0.1, 0.15) is 25.3 Å². The molecule has 1 aromatic carbocycles. The number of amides is 1. The number of aromatic nitrogens is 6. The normalized spacial score (nSPS) is 18.4. The quantitative estimate of drug-likeness (QED) is 0.328. The van der Waals surface area contributed by atoms with Crippen LogP contribution in [-0.2, 0) is 11.3 Å². The van der Waals surface area contributed by atoms with E-state index in [1.807, 2.05) is 18.2 Å². The van der Waals surface area contributed by atoms with E-state index in [-0.39, 0.29) is 44.5 Å². The number of benzene rings is 1. The van der Waals surface area contributed by atoms with E-state index in [0.29, 0.717) is 11.0 Å². The molecule has 0 saturated carbocycles. The molecule has 2 aliphatic rings. The van der Waals surface area contributed by atoms with Gasteiger partial charge in [-0.15, -0.1) is 0 Å². The fourth-order valence-electron chi connectivity index (χ4n) is 5.87. The summed E-state index contributed by atoms with van der Waals surface area (Å²) >= 11 is 0. The lowest BCUT2D eigenvalue weighted by atomic mass is 9.91. The van der Waals surface area contributed by atoms with E-state index >= 15 is 0 Å². The Morgan fingerprint density at radius 1 is 1.05 bits per heavy atom. The molecule has 2 fully saturated rings. The highest BCUT2D eigenvalue weighted by atomic mass is 19.3. The molecule has 2 aliphatic heterocycles. The van der Waals surface area contributed by atoms with Gasteiger partial charge >= 0.3 is 0 Å². The van der Waals surface area contributed by atoms with E-state index in [2.05, 4.69) is 38.1 Å². The molecule has 5 heterocycles. The molecule has 1 N–H and O–H groups in total. The maximum absolute atomic E-state index is 13.6. The van der Waals surface area contributed by atoms with Crippen LogP contribution in [0.3, 0.4) is 0 Å². The Bertz CT molecular complexity index is 1620. The van der Waals surface area contributed by atoms with Crippen molar-refractivity contribution in [3.8, 4) is 5.69 Å². The molecule has 0 radical (unpaired) electrons. The second-order valence-corrected chi connectivity index (χ2v) is 11.5. The largest absolute Gasteiger partial charge is 0.388 e. The van der Waals surface area contributed by atoms with Gasteiger partial charge in [-0.25, -0.2) is 18.4 Å². The van der Waals surface area contributed by atoms with Crippen LogP contribution in [0.5, 0.6) is 0 Å². The maximum Gasteiger partial charge on any atom is 0.264 e. The molecule has 0 spiro atoms. The third-order valence-electron chi connectivity index (χ3n) is 8.55. The first-order valence-electron chi connectivity index (χ1n) is 14.5. The first kappa shape index (κ1) is 28.9. The van der Waals surface area contributed by atoms with Gasteiger partial charge in [-0.2, -0.15) is 10.2 Å². The summed E-state index contributed by atoms with van der Waals surface area (Å²) in [6.45, 7) is 4.21. The number of nitrogens with zero attached hydrogens (tertiary/aromatic N) is 9. The number of carbonyl (C=O) groups excluding carboxylic acids is 1. The zero-order chi connectivity index (χ0) is 30.1. The molecule has 3 aromatic heterocycles. The number of carbonyl (C=O) groups is 1. The van der Waals surface area contributed by atoms with Crippen LogP contribution in [0.15, 0.2) is 60.0 Å². The number of rotatable bonds is 8. The Hall–Kier alpha value is -4.17. The molecule has 1 atom stereocenters. The predicted molar refractivity (Wildman–Crippen MR) is 155 cm³/mol. The zero-order valence-electron chi connectivity index (χ0n) is 24.0. The third kappa shape index (κ3) is 6.02. The molecular weight excluding hydrogens is 560 g/mol. The van der Waals surface area contributed by atoms with Gasteiger partial charge in [0.15, 0.2) is 5.65 Å². The lowest BCUT2D eigenvalue weighted by molar-refractivity contribution is -0.138. The molecule has 14 heteroatoms. The monoisotopic (exact) mass is 595 g/mol. The van der Waals surface area contributed by atoms with Crippen molar-refractivity contribution in [2.45, 2.75) is 43.9 Å². The van der Waals surface area contributed by atoms with E-state index in [1.165, 1.54) is 40.5 Å². The first-order chi connectivity index (χ1) is 20.7. The molecule has 0 aliphatic carbocycles. The summed E-state index contributed by atoms with van der Waals surface area (Å²) in [6, 6.07) is 8.19. The van der Waals surface area contributed by atoms with Crippen LogP contribution in [0.2, 0.25) is 0 Å². The predicted octanol–water partition coefficient (Wildman–Crippen LogP) is 1.78. The van der Waals surface area contributed by atoms with Gasteiger partial charge in [0, 0.05) is 57.3 Å². The number of hydrogen-bond donors (Lipinski definition) is 1. The Labute approximate surface area is 246 Å². The molecule has 6 rings (SSSR count). The standard InChI is InChI=1S/C29H35F2N9O3/c1-35-12-14-36(15-13-35)21-4-2-5-22(16-21)40-27-23(18-34-40)28(42)38(20-32-27)19-29(43)6-10-37(11-7-29)25(41)17-24(26(30)31)39-9-3-8-33-39/h2-5,8-9,16,18,20,24,26,43H,6-7,10-15,17,19H2,1H3/t24-/m0/s1. The van der Waals surface area contributed by atoms with Crippen molar-refractivity contribution in [3.05, 3.63) is 65.6 Å². The van der Waals surface area contributed by atoms with E-state index in [9.17, 15) is 23.5 Å². The molecule has 4 aromatic rings. The van der Waals surface area contributed by atoms with Gasteiger partial charge in [-0.1, -0.05) is 6.07 Å². The number of anilines is 1. The van der Waals surface area contributed by atoms with Crippen molar-refractivity contribution < 1.29 is 18.7 Å². The minimum absolute atomic E-state index is 0.00613. The minimum atomic E-state index is -2.75. The number of piperidine rings is 1. The van der Waals surface area contributed by atoms with Crippen LogP contribution < -0.4 is 10.5 Å². The second-order valence-electron chi connectivity index (χ2n) is 11.5. The van der Waals surface area contributed by atoms with Crippen LogP contribution in [0.4, 0.5) is 14.5 Å². The van der Waals surface area contributed by atoms with Gasteiger partial charge in [0.2, 0.25) is 5.91 Å². The summed E-state index contributed by atoms with van der Waals surface area (Å²) in [5.74, 6) is -0.424. The third-order valence-corrected chi connectivity index (χ3v) is 8.55. The van der Waals surface area contributed by atoms with Crippen LogP contribution >= 0.6 is 0 Å². The summed E-state index contributed by atoms with van der Waals surface area (Å²) in [5, 5.41) is 20.0. The second kappa shape index (κ2) is 11.8. The molecule has 228 valence electrons. The summed E-state index contributed by atoms with van der Waals surface area (Å²) < 4.78 is 31.3. The van der Waals surface area contributed by atoms with E-state index < -0.39 is 24.0 Å². The van der Waals surface area contributed by atoms with E-state index in [0.717, 1.165) is 42.2 Å². The van der Waals surface area contributed by atoms with Gasteiger partial charge in [0.1, 0.15) is 17.8 Å². The number of alkyl halides is 2. The van der Waals surface area contributed by atoms with Crippen molar-refractivity contribution in [2.75, 3.05) is 51.2 Å². The van der Waals surface area contributed by atoms with Crippen molar-refractivity contribution in [3.63, 3.8) is 0 Å². The smallest absolute Gasteiger partial charge is 0.264 e. The number of hydrogen-bond acceptors (Lipinski definition) is 8. The number of likely N-dealkylation sites (tertiary alicyclic amines) is 1. The lowest BCUT2D eigenvalue weighted by Gasteiger charge is -2.38. The molecule has 0 bridgehead atoms. The van der Waals surface area contributed by atoms with Gasteiger partial charge in [0.05, 0.1) is 30.5 Å². The summed E-state index contributed by atoms with van der Waals surface area (Å²) in [6.07, 6.45) is 2.98. The van der Waals surface area contributed by atoms with Crippen molar-refractivity contribution in [1.29, 1.82) is 0 Å². The van der Waals surface area contributed by atoms with Gasteiger partial charge in [0.25, 0.3) is 12.0 Å². The molecule has 12 nitrogen and oxygen atoms in total. The van der Waals surface area contributed by atoms with Crippen LogP contribution in [0.25, 0.3) is 16.7 Å². The summed E-state index contributed by atoms with van der Waals surface area (Å²) in [5.41, 5.74) is 0.730. The molecule has 43 heavy (non-hydrogen) atoms. The van der Waals surface area contributed by atoms with E-state index in [4.69, 9.17) is 0 Å². The fourth-order valence-corrected chi connectivity index (χ4v) is 5.87. The Morgan fingerprint density at radius 2 is 1.79 bits per heavy atom. The SMILES string of the molecule is CN1CCN(c2cccc(-n3ncc4c(=O)n(CC5(O)CCN(C(=O)C[C@@H](C(F)F)n6cccn6)CC5)cnc43)c2)CC1. The number of halogens is 2. The Morgan fingerprint density at radius 3 is 2.49 bits per heavy atom. The van der Waals surface area contributed by atoms with Crippen LogP contribution in [-0.4, -0.2) is 108 Å². The molecular formula is C29H35F2N9O3. The Kier molecular flexibility index (Phi) is 7.97. The van der Waals surface area contributed by atoms with Crippen LogP contribution in [0, 0.1) is 0 Å². The highest BCUT2D eigenvalue weighted by Gasteiger charge is 2.36. The fraction of sp³-hybridized carbons (Fsp3) is 0.483.